The van der Waals surface area contributed by atoms with E-state index in [1.165, 1.54) is 32.1 Å². The van der Waals surface area contributed by atoms with Crippen LogP contribution in [0, 0.1) is 0 Å². The maximum absolute atomic E-state index is 4.17. The molecule has 1 aliphatic carbocycles. The van der Waals surface area contributed by atoms with Gasteiger partial charge < -0.3 is 0 Å². The molecule has 0 saturated heterocycles. The Hall–Kier alpha value is 0.930. The molecule has 0 aromatic carbocycles. The monoisotopic (exact) mass is 392 g/mol. The van der Waals surface area contributed by atoms with Crippen molar-refractivity contribution < 1.29 is 0 Å². The van der Waals surface area contributed by atoms with Gasteiger partial charge in [-0.25, -0.2) is 3.21 Å². The van der Waals surface area contributed by atoms with Crippen molar-refractivity contribution in [1.82, 2.24) is 3.11 Å². The van der Waals surface area contributed by atoms with Gasteiger partial charge in [-0.15, -0.1) is 0 Å². The van der Waals surface area contributed by atoms with Crippen LogP contribution in [0.2, 0.25) is 0 Å². The predicted molar refractivity (Wildman–Crippen MR) is 69.9 cm³/mol. The van der Waals surface area contributed by atoms with Gasteiger partial charge in [-0.1, -0.05) is 19.3 Å². The molecule has 1 fully saturated rings. The largest absolute Gasteiger partial charge is 0.299 e. The van der Waals surface area contributed by atoms with Crippen LogP contribution in [-0.4, -0.2) is 15.0 Å². The van der Waals surface area contributed by atoms with Crippen LogP contribution in [0.15, 0.2) is 3.21 Å². The minimum Gasteiger partial charge on any atom is -0.299 e. The Balaban J connectivity index is 2.44. The quantitative estimate of drug-likeness (QED) is 0.288. The number of hydrogen-bond donors (Lipinski definition) is 0. The molecule has 0 bridgehead atoms. The van der Waals surface area contributed by atoms with Gasteiger partial charge in [0.2, 0.25) is 0 Å². The second-order valence-electron chi connectivity index (χ2n) is 3.23. The van der Waals surface area contributed by atoms with Crippen LogP contribution in [0.1, 0.15) is 39.0 Å². The molecule has 1 saturated carbocycles. The van der Waals surface area contributed by atoms with Crippen LogP contribution in [0.3, 0.4) is 0 Å². The summed E-state index contributed by atoms with van der Waals surface area (Å²) in [7, 11) is 0. The van der Waals surface area contributed by atoms with E-state index in [4.69, 9.17) is 0 Å². The Kier molecular flexibility index (Phi) is 5.15. The summed E-state index contributed by atoms with van der Waals surface area (Å²) in [6, 6.07) is 0.734. The van der Waals surface area contributed by atoms with E-state index in [0.717, 1.165) is 11.9 Å². The molecular weight excluding hydrogens is 378 g/mol. The third-order valence-electron chi connectivity index (χ3n) is 2.33. The summed E-state index contributed by atoms with van der Waals surface area (Å²) in [6.45, 7) is 2.08. The summed E-state index contributed by atoms with van der Waals surface area (Å²) in [5.41, 5.74) is 0. The third-order valence-corrected chi connectivity index (χ3v) is 4.51. The molecule has 70 valence electrons. The average Bonchev–Trinajstić information content (AvgIpc) is 2.17. The summed E-state index contributed by atoms with van der Waals surface area (Å²) in [5, 5.41) is 0. The lowest BCUT2D eigenvalue weighted by Crippen LogP contribution is -2.31. The van der Waals surface area contributed by atoms with Crippen molar-refractivity contribution in [3.8, 4) is 0 Å². The standard InChI is InChI=1S/C8H14I2N2/c1-7(11-9)12(10)8-5-3-2-4-6-8/h8H,2-6H2,1H3/b11-7-. The van der Waals surface area contributed by atoms with Crippen LogP contribution in [0.25, 0.3) is 0 Å². The van der Waals surface area contributed by atoms with Crippen molar-refractivity contribution in [2.45, 2.75) is 45.1 Å². The van der Waals surface area contributed by atoms with Crippen molar-refractivity contribution in [1.29, 1.82) is 0 Å². The number of nitrogens with zero attached hydrogens (tertiary/aromatic N) is 2. The van der Waals surface area contributed by atoms with Crippen LogP contribution in [0.5, 0.6) is 0 Å². The Labute approximate surface area is 102 Å². The third kappa shape index (κ3) is 3.01. The van der Waals surface area contributed by atoms with E-state index in [-0.39, 0.29) is 0 Å². The molecule has 0 unspecified atom stereocenters. The SMILES string of the molecule is C/C(=N/I)N(I)C1CCCCC1. The fourth-order valence-electron chi connectivity index (χ4n) is 1.61. The van der Waals surface area contributed by atoms with E-state index in [1.54, 1.807) is 0 Å². The maximum atomic E-state index is 4.17. The summed E-state index contributed by atoms with van der Waals surface area (Å²) >= 11 is 4.45. The molecule has 0 N–H and O–H groups in total. The van der Waals surface area contributed by atoms with Crippen molar-refractivity contribution >= 4 is 51.6 Å². The Morgan fingerprint density at radius 1 is 1.33 bits per heavy atom. The van der Waals surface area contributed by atoms with Gasteiger partial charge in [0, 0.05) is 6.04 Å². The number of rotatable bonds is 1. The van der Waals surface area contributed by atoms with E-state index < -0.39 is 0 Å². The Bertz CT molecular complexity index is 164. The molecule has 2 nitrogen and oxygen atoms in total. The summed E-state index contributed by atoms with van der Waals surface area (Å²) in [4.78, 5) is 0. The molecule has 0 atom stereocenters. The molecule has 1 aliphatic rings. The molecule has 1 rings (SSSR count). The Morgan fingerprint density at radius 3 is 2.42 bits per heavy atom. The van der Waals surface area contributed by atoms with Crippen LogP contribution in [-0.2, 0) is 0 Å². The van der Waals surface area contributed by atoms with Crippen molar-refractivity contribution in [2.24, 2.45) is 3.21 Å². The van der Waals surface area contributed by atoms with E-state index in [1.807, 2.05) is 0 Å². The molecule has 0 heterocycles. The molecule has 0 spiro atoms. The first-order valence-electron chi connectivity index (χ1n) is 4.36. The van der Waals surface area contributed by atoms with Gasteiger partial charge in [0.25, 0.3) is 0 Å². The Morgan fingerprint density at radius 2 is 1.92 bits per heavy atom. The highest BCUT2D eigenvalue weighted by atomic mass is 127. The zero-order valence-corrected chi connectivity index (χ0v) is 11.6. The minimum atomic E-state index is 0.734. The molecule has 0 aromatic heterocycles. The van der Waals surface area contributed by atoms with E-state index in [2.05, 4.69) is 59.0 Å². The molecular formula is C8H14I2N2. The second-order valence-corrected chi connectivity index (χ2v) is 4.76. The second kappa shape index (κ2) is 5.62. The first kappa shape index (κ1) is 11.0. The van der Waals surface area contributed by atoms with Gasteiger partial charge in [0.1, 0.15) is 5.84 Å². The van der Waals surface area contributed by atoms with Crippen LogP contribution < -0.4 is 0 Å². The summed E-state index contributed by atoms with van der Waals surface area (Å²) < 4.78 is 6.46. The van der Waals surface area contributed by atoms with E-state index in [9.17, 15) is 0 Å². The number of hydrogen-bond acceptors (Lipinski definition) is 1. The van der Waals surface area contributed by atoms with E-state index >= 15 is 0 Å². The molecule has 0 amide bonds. The highest BCUT2D eigenvalue weighted by molar-refractivity contribution is 14.1. The van der Waals surface area contributed by atoms with Crippen LogP contribution >= 0.6 is 45.7 Å². The zero-order valence-electron chi connectivity index (χ0n) is 7.26. The number of amidine groups is 1. The molecule has 12 heavy (non-hydrogen) atoms. The molecule has 0 aliphatic heterocycles. The smallest absolute Gasteiger partial charge is 0.117 e. The van der Waals surface area contributed by atoms with Gasteiger partial charge in [-0.2, -0.15) is 0 Å². The molecule has 4 heteroatoms. The molecule has 0 aromatic rings. The van der Waals surface area contributed by atoms with Gasteiger partial charge >= 0.3 is 0 Å². The number of halogens is 2. The summed E-state index contributed by atoms with van der Waals surface area (Å²) in [6.07, 6.45) is 6.87. The fraction of sp³-hybridized carbons (Fsp3) is 0.875. The van der Waals surface area contributed by atoms with Gasteiger partial charge in [0.15, 0.2) is 0 Å². The maximum Gasteiger partial charge on any atom is 0.117 e. The topological polar surface area (TPSA) is 15.6 Å². The lowest BCUT2D eigenvalue weighted by atomic mass is 9.95. The first-order valence-corrected chi connectivity index (χ1v) is 6.29. The van der Waals surface area contributed by atoms with Crippen molar-refractivity contribution in [3.05, 3.63) is 0 Å². The van der Waals surface area contributed by atoms with Crippen molar-refractivity contribution in [3.63, 3.8) is 0 Å². The minimum absolute atomic E-state index is 0.734. The molecule has 0 radical (unpaired) electrons. The lowest BCUT2D eigenvalue weighted by molar-refractivity contribution is 0.357. The normalized spacial score (nSPS) is 21.1. The van der Waals surface area contributed by atoms with Gasteiger partial charge in [-0.3, -0.25) is 3.11 Å². The predicted octanol–water partition coefficient (Wildman–Crippen LogP) is 3.74. The van der Waals surface area contributed by atoms with Gasteiger partial charge in [-0.05, 0) is 19.8 Å². The fourth-order valence-corrected chi connectivity index (χ4v) is 2.92. The zero-order chi connectivity index (χ0) is 8.97. The highest BCUT2D eigenvalue weighted by Gasteiger charge is 2.19. The van der Waals surface area contributed by atoms with E-state index in [0.29, 0.717) is 0 Å². The summed E-state index contributed by atoms with van der Waals surface area (Å²) in [5.74, 6) is 1.14. The average molecular weight is 392 g/mol. The highest BCUT2D eigenvalue weighted by Crippen LogP contribution is 2.25. The van der Waals surface area contributed by atoms with Gasteiger partial charge in [0.05, 0.1) is 45.7 Å². The van der Waals surface area contributed by atoms with Crippen LogP contribution in [0.4, 0.5) is 0 Å². The van der Waals surface area contributed by atoms with Crippen molar-refractivity contribution in [2.75, 3.05) is 0 Å². The first-order chi connectivity index (χ1) is 5.75. The lowest BCUT2D eigenvalue weighted by Gasteiger charge is -2.29.